The molecule has 0 fully saturated rings. The molecule has 2 aromatic rings. The first-order valence-electron chi connectivity index (χ1n) is 7.07. The lowest BCUT2D eigenvalue weighted by atomic mass is 9.97. The molecule has 0 radical (unpaired) electrons. The van der Waals surface area contributed by atoms with Crippen LogP contribution in [0.4, 0.5) is 10.3 Å². The largest absolute Gasteiger partial charge is 0.479 e. The third-order valence-electron chi connectivity index (χ3n) is 3.40. The Kier molecular flexibility index (Phi) is 5.49. The second kappa shape index (κ2) is 7.57. The monoisotopic (exact) mass is 289 g/mol. The van der Waals surface area contributed by atoms with E-state index in [0.29, 0.717) is 11.9 Å². The van der Waals surface area contributed by atoms with Gasteiger partial charge in [0.05, 0.1) is 13.3 Å². The minimum absolute atomic E-state index is 0.0383. The maximum Gasteiger partial charge on any atom is 0.255 e. The van der Waals surface area contributed by atoms with Crippen molar-refractivity contribution in [3.05, 3.63) is 47.9 Å². The Hall–Kier alpha value is -2.17. The van der Waals surface area contributed by atoms with Crippen molar-refractivity contribution in [2.45, 2.75) is 19.8 Å². The summed E-state index contributed by atoms with van der Waals surface area (Å²) < 4.78 is 18.1. The Bertz CT molecular complexity index is 563. The maximum atomic E-state index is 13.2. The zero-order chi connectivity index (χ0) is 15.1. The number of nitrogens with zero attached hydrogens (tertiary/aromatic N) is 2. The predicted octanol–water partition coefficient (Wildman–Crippen LogP) is 3.31. The van der Waals surface area contributed by atoms with Gasteiger partial charge in [-0.2, -0.15) is 9.37 Å². The number of rotatable bonds is 7. The number of anilines is 1. The average Bonchev–Trinajstić information content (AvgIpc) is 2.53. The van der Waals surface area contributed by atoms with Crippen LogP contribution < -0.4 is 10.1 Å². The fourth-order valence-corrected chi connectivity index (χ4v) is 2.12. The fraction of sp³-hybridized carbons (Fsp3) is 0.375. The SMILES string of the molecule is CCC(CNc1ncc(F)c(OC)n1)Cc1ccccc1. The molecule has 0 saturated heterocycles. The smallest absolute Gasteiger partial charge is 0.255 e. The zero-order valence-electron chi connectivity index (χ0n) is 12.3. The molecule has 1 N–H and O–H groups in total. The Balaban J connectivity index is 1.94. The molecule has 0 aliphatic carbocycles. The quantitative estimate of drug-likeness (QED) is 0.849. The summed E-state index contributed by atoms with van der Waals surface area (Å²) in [6.45, 7) is 2.89. The summed E-state index contributed by atoms with van der Waals surface area (Å²) in [7, 11) is 1.39. The maximum absolute atomic E-state index is 13.2. The number of hydrogen-bond donors (Lipinski definition) is 1. The summed E-state index contributed by atoms with van der Waals surface area (Å²) in [6.07, 6.45) is 3.15. The van der Waals surface area contributed by atoms with E-state index in [0.717, 1.165) is 25.6 Å². The molecule has 1 heterocycles. The van der Waals surface area contributed by atoms with Crippen LogP contribution in [0.1, 0.15) is 18.9 Å². The van der Waals surface area contributed by atoms with Crippen molar-refractivity contribution in [1.29, 1.82) is 0 Å². The fourth-order valence-electron chi connectivity index (χ4n) is 2.12. The van der Waals surface area contributed by atoms with Gasteiger partial charge in [0.25, 0.3) is 5.88 Å². The highest BCUT2D eigenvalue weighted by Gasteiger charge is 2.10. The van der Waals surface area contributed by atoms with Crippen molar-refractivity contribution in [2.75, 3.05) is 19.0 Å². The third-order valence-corrected chi connectivity index (χ3v) is 3.40. The molecule has 0 bridgehead atoms. The van der Waals surface area contributed by atoms with Gasteiger partial charge in [-0.05, 0) is 17.9 Å². The molecule has 0 amide bonds. The van der Waals surface area contributed by atoms with Crippen molar-refractivity contribution in [2.24, 2.45) is 5.92 Å². The number of halogens is 1. The van der Waals surface area contributed by atoms with E-state index in [4.69, 9.17) is 4.74 Å². The number of aromatic nitrogens is 2. The number of nitrogens with one attached hydrogen (secondary N) is 1. The molecule has 2 rings (SSSR count). The van der Waals surface area contributed by atoms with Gasteiger partial charge in [-0.3, -0.25) is 0 Å². The van der Waals surface area contributed by atoms with Crippen LogP contribution in [0.3, 0.4) is 0 Å². The van der Waals surface area contributed by atoms with Crippen molar-refractivity contribution < 1.29 is 9.13 Å². The number of ether oxygens (including phenoxy) is 1. The summed E-state index contributed by atoms with van der Waals surface area (Å²) in [5.74, 6) is 0.259. The molecule has 1 atom stereocenters. The molecule has 21 heavy (non-hydrogen) atoms. The number of methoxy groups -OCH3 is 1. The molecule has 0 aliphatic rings. The summed E-state index contributed by atoms with van der Waals surface area (Å²) >= 11 is 0. The Labute approximate surface area is 124 Å². The summed E-state index contributed by atoms with van der Waals surface area (Å²) in [4.78, 5) is 7.91. The van der Waals surface area contributed by atoms with E-state index in [2.05, 4.69) is 34.3 Å². The van der Waals surface area contributed by atoms with Crippen molar-refractivity contribution in [3.63, 3.8) is 0 Å². The van der Waals surface area contributed by atoms with Crippen molar-refractivity contribution in [1.82, 2.24) is 9.97 Å². The molecule has 0 spiro atoms. The Morgan fingerprint density at radius 3 is 2.71 bits per heavy atom. The van der Waals surface area contributed by atoms with Gasteiger partial charge in [-0.25, -0.2) is 4.98 Å². The van der Waals surface area contributed by atoms with Gasteiger partial charge in [0.15, 0.2) is 0 Å². The first kappa shape index (κ1) is 15.2. The topological polar surface area (TPSA) is 47.0 Å². The molecule has 112 valence electrons. The van der Waals surface area contributed by atoms with Crippen LogP contribution in [-0.2, 0) is 6.42 Å². The van der Waals surface area contributed by atoms with Gasteiger partial charge in [0.2, 0.25) is 11.8 Å². The summed E-state index contributed by atoms with van der Waals surface area (Å²) in [6, 6.07) is 10.4. The van der Waals surface area contributed by atoms with Gasteiger partial charge in [0.1, 0.15) is 0 Å². The van der Waals surface area contributed by atoms with Gasteiger partial charge < -0.3 is 10.1 Å². The lowest BCUT2D eigenvalue weighted by molar-refractivity contribution is 0.367. The minimum atomic E-state index is -0.556. The van der Waals surface area contributed by atoms with E-state index in [1.807, 2.05) is 18.2 Å². The molecular formula is C16H20FN3O. The van der Waals surface area contributed by atoms with Gasteiger partial charge in [-0.1, -0.05) is 43.7 Å². The van der Waals surface area contributed by atoms with Crippen LogP contribution in [0.2, 0.25) is 0 Å². The normalized spacial score (nSPS) is 12.0. The van der Waals surface area contributed by atoms with Crippen LogP contribution in [0.25, 0.3) is 0 Å². The summed E-state index contributed by atoms with van der Waals surface area (Å²) in [5.41, 5.74) is 1.31. The van der Waals surface area contributed by atoms with Crippen LogP contribution in [0.15, 0.2) is 36.5 Å². The molecule has 1 aromatic heterocycles. The molecule has 1 aromatic carbocycles. The van der Waals surface area contributed by atoms with E-state index in [-0.39, 0.29) is 5.88 Å². The Morgan fingerprint density at radius 1 is 1.29 bits per heavy atom. The molecule has 0 aliphatic heterocycles. The lowest BCUT2D eigenvalue weighted by Crippen LogP contribution is -2.17. The predicted molar refractivity (Wildman–Crippen MR) is 81.0 cm³/mol. The molecule has 4 nitrogen and oxygen atoms in total. The number of benzene rings is 1. The highest BCUT2D eigenvalue weighted by atomic mass is 19.1. The number of hydrogen-bond acceptors (Lipinski definition) is 4. The standard InChI is InChI=1S/C16H20FN3O/c1-3-12(9-13-7-5-4-6-8-13)10-18-16-19-11-14(17)15(20-16)21-2/h4-8,11-12H,3,9-10H2,1-2H3,(H,18,19,20). The molecule has 1 unspecified atom stereocenters. The van der Waals surface area contributed by atoms with E-state index in [9.17, 15) is 4.39 Å². The van der Waals surface area contributed by atoms with Gasteiger partial charge in [0, 0.05) is 6.54 Å². The van der Waals surface area contributed by atoms with Crippen LogP contribution in [-0.4, -0.2) is 23.6 Å². The first-order chi connectivity index (χ1) is 10.2. The summed E-state index contributed by atoms with van der Waals surface area (Å²) in [5, 5.41) is 3.15. The average molecular weight is 289 g/mol. The van der Waals surface area contributed by atoms with Crippen LogP contribution in [0, 0.1) is 11.7 Å². The second-order valence-electron chi connectivity index (χ2n) is 4.90. The first-order valence-corrected chi connectivity index (χ1v) is 7.07. The minimum Gasteiger partial charge on any atom is -0.479 e. The molecular weight excluding hydrogens is 269 g/mol. The highest BCUT2D eigenvalue weighted by molar-refractivity contribution is 5.28. The second-order valence-corrected chi connectivity index (χ2v) is 4.90. The van der Waals surface area contributed by atoms with Crippen LogP contribution >= 0.6 is 0 Å². The van der Waals surface area contributed by atoms with Crippen molar-refractivity contribution >= 4 is 5.95 Å². The Morgan fingerprint density at radius 2 is 2.05 bits per heavy atom. The third kappa shape index (κ3) is 4.41. The lowest BCUT2D eigenvalue weighted by Gasteiger charge is -2.16. The van der Waals surface area contributed by atoms with Crippen molar-refractivity contribution in [3.8, 4) is 5.88 Å². The van der Waals surface area contributed by atoms with Gasteiger partial charge >= 0.3 is 0 Å². The zero-order valence-corrected chi connectivity index (χ0v) is 12.3. The van der Waals surface area contributed by atoms with Crippen LogP contribution in [0.5, 0.6) is 5.88 Å². The molecule has 0 saturated carbocycles. The van der Waals surface area contributed by atoms with E-state index in [1.165, 1.54) is 12.7 Å². The van der Waals surface area contributed by atoms with E-state index >= 15 is 0 Å². The van der Waals surface area contributed by atoms with E-state index in [1.54, 1.807) is 0 Å². The van der Waals surface area contributed by atoms with E-state index < -0.39 is 5.82 Å². The highest BCUT2D eigenvalue weighted by Crippen LogP contribution is 2.16. The van der Waals surface area contributed by atoms with Gasteiger partial charge in [-0.15, -0.1) is 0 Å². The molecule has 5 heteroatoms.